The molecule has 0 saturated heterocycles. The molecule has 0 amide bonds. The van der Waals surface area contributed by atoms with Crippen molar-refractivity contribution in [3.05, 3.63) is 0 Å². The fraction of sp³-hybridized carbons (Fsp3) is 0.905. The third-order valence-corrected chi connectivity index (χ3v) is 5.33. The van der Waals surface area contributed by atoms with Gasteiger partial charge in [-0.1, -0.05) is 32.6 Å². The largest absolute Gasteiger partial charge is 0.464 e. The first kappa shape index (κ1) is 23.1. The van der Waals surface area contributed by atoms with Crippen LogP contribution < -0.4 is 0 Å². The molecule has 0 heterocycles. The van der Waals surface area contributed by atoms with Crippen molar-refractivity contribution < 1.29 is 24.2 Å². The molecule has 0 bridgehead atoms. The molecule has 0 radical (unpaired) electrons. The highest BCUT2D eigenvalue weighted by molar-refractivity contribution is 5.83. The van der Waals surface area contributed by atoms with E-state index >= 15 is 0 Å². The van der Waals surface area contributed by atoms with E-state index in [2.05, 4.69) is 6.92 Å². The Morgan fingerprint density at radius 3 is 2.65 bits per heavy atom. The Kier molecular flexibility index (Phi) is 12.6. The van der Waals surface area contributed by atoms with Gasteiger partial charge in [0.25, 0.3) is 0 Å². The third kappa shape index (κ3) is 9.67. The van der Waals surface area contributed by atoms with Gasteiger partial charge < -0.3 is 14.6 Å². The van der Waals surface area contributed by atoms with E-state index in [1.807, 2.05) is 0 Å². The zero-order valence-corrected chi connectivity index (χ0v) is 16.7. The number of ketones is 1. The molecule has 5 nitrogen and oxygen atoms in total. The van der Waals surface area contributed by atoms with Gasteiger partial charge in [0.05, 0.1) is 12.7 Å². The van der Waals surface area contributed by atoms with Crippen molar-refractivity contribution in [2.75, 3.05) is 19.8 Å². The Bertz CT molecular complexity index is 396. The van der Waals surface area contributed by atoms with Crippen LogP contribution in [0.3, 0.4) is 0 Å². The van der Waals surface area contributed by atoms with E-state index in [0.717, 1.165) is 64.2 Å². The molecular weight excluding hydrogens is 332 g/mol. The van der Waals surface area contributed by atoms with Crippen molar-refractivity contribution in [3.63, 3.8) is 0 Å². The molecule has 3 atom stereocenters. The molecule has 1 unspecified atom stereocenters. The molecule has 1 N–H and O–H groups in total. The van der Waals surface area contributed by atoms with E-state index in [9.17, 15) is 14.7 Å². The lowest BCUT2D eigenvalue weighted by Crippen LogP contribution is -2.16. The monoisotopic (exact) mass is 370 g/mol. The van der Waals surface area contributed by atoms with Crippen LogP contribution in [0.4, 0.5) is 0 Å². The topological polar surface area (TPSA) is 72.8 Å². The highest BCUT2D eigenvalue weighted by Crippen LogP contribution is 2.36. The smallest absolute Gasteiger partial charge is 0.332 e. The summed E-state index contributed by atoms with van der Waals surface area (Å²) in [5.41, 5.74) is 0. The number of unbranched alkanes of at least 4 members (excludes halogenated alkanes) is 2. The normalized spacial score (nSPS) is 21.1. The van der Waals surface area contributed by atoms with Crippen molar-refractivity contribution in [1.29, 1.82) is 0 Å². The molecule has 26 heavy (non-hydrogen) atoms. The third-order valence-electron chi connectivity index (χ3n) is 5.33. The lowest BCUT2D eigenvalue weighted by molar-refractivity contribution is -0.148. The van der Waals surface area contributed by atoms with Crippen molar-refractivity contribution >= 4 is 11.8 Å². The number of Topliss-reactive ketones (excluding diaryl/α,β-unsaturated/α-hetero) is 1. The minimum Gasteiger partial charge on any atom is -0.464 e. The molecule has 152 valence electrons. The van der Waals surface area contributed by atoms with Crippen LogP contribution in [0, 0.1) is 11.8 Å². The number of aliphatic hydroxyl groups is 1. The van der Waals surface area contributed by atoms with Crippen molar-refractivity contribution in [1.82, 2.24) is 0 Å². The summed E-state index contributed by atoms with van der Waals surface area (Å²) in [6, 6.07) is 0. The molecule has 0 aliphatic heterocycles. The zero-order valence-electron chi connectivity index (χ0n) is 16.7. The number of rotatable bonds is 15. The van der Waals surface area contributed by atoms with Gasteiger partial charge in [0.15, 0.2) is 0 Å². The molecule has 0 aromatic rings. The fourth-order valence-electron chi connectivity index (χ4n) is 3.85. The fourth-order valence-corrected chi connectivity index (χ4v) is 3.85. The van der Waals surface area contributed by atoms with Crippen LogP contribution in [-0.4, -0.2) is 42.8 Å². The molecule has 5 heteroatoms. The first-order valence-corrected chi connectivity index (χ1v) is 10.5. The van der Waals surface area contributed by atoms with Gasteiger partial charge in [-0.2, -0.15) is 0 Å². The van der Waals surface area contributed by atoms with Crippen molar-refractivity contribution in [3.8, 4) is 0 Å². The number of esters is 1. The van der Waals surface area contributed by atoms with Crippen LogP contribution in [-0.2, 0) is 19.1 Å². The number of ether oxygens (including phenoxy) is 2. The summed E-state index contributed by atoms with van der Waals surface area (Å²) in [7, 11) is 0. The summed E-state index contributed by atoms with van der Waals surface area (Å²) in [5.74, 6) is 0.766. The molecule has 1 saturated carbocycles. The van der Waals surface area contributed by atoms with Crippen LogP contribution in [0.5, 0.6) is 0 Å². The Morgan fingerprint density at radius 1 is 1.15 bits per heavy atom. The van der Waals surface area contributed by atoms with Crippen molar-refractivity contribution in [2.45, 2.75) is 90.6 Å². The SMILES string of the molecule is CCCCC(O)CCC[C@H]1CCC(=O)[C@@H]1CCCCOCC(=O)OCC. The second-order valence-electron chi connectivity index (χ2n) is 7.45. The summed E-state index contributed by atoms with van der Waals surface area (Å²) in [4.78, 5) is 23.3. The van der Waals surface area contributed by atoms with Gasteiger partial charge in [-0.25, -0.2) is 4.79 Å². The van der Waals surface area contributed by atoms with Gasteiger partial charge in [-0.15, -0.1) is 0 Å². The minimum atomic E-state index is -0.320. The highest BCUT2D eigenvalue weighted by atomic mass is 16.6. The standard InChI is InChI=1S/C21H38O5/c1-3-5-10-18(22)11-8-9-17-13-14-20(23)19(17)12-6-7-15-25-16-21(24)26-4-2/h17-19,22H,3-16H2,1-2H3/t17-,18?,19+/m0/s1. The Labute approximate surface area is 158 Å². The summed E-state index contributed by atoms with van der Waals surface area (Å²) in [5, 5.41) is 9.95. The maximum absolute atomic E-state index is 12.2. The van der Waals surface area contributed by atoms with E-state index in [1.54, 1.807) is 6.92 Å². The minimum absolute atomic E-state index is 0.0131. The van der Waals surface area contributed by atoms with Crippen LogP contribution >= 0.6 is 0 Å². The maximum atomic E-state index is 12.2. The van der Waals surface area contributed by atoms with Gasteiger partial charge in [0.2, 0.25) is 0 Å². The molecule has 0 spiro atoms. The summed E-state index contributed by atoms with van der Waals surface area (Å²) >= 11 is 0. The molecule has 0 aromatic heterocycles. The second-order valence-corrected chi connectivity index (χ2v) is 7.45. The van der Waals surface area contributed by atoms with Crippen molar-refractivity contribution in [2.24, 2.45) is 11.8 Å². The van der Waals surface area contributed by atoms with E-state index in [-0.39, 0.29) is 24.6 Å². The van der Waals surface area contributed by atoms with Gasteiger partial charge in [0.1, 0.15) is 12.4 Å². The second kappa shape index (κ2) is 14.2. The Balaban J connectivity index is 2.14. The average Bonchev–Trinajstić information content (AvgIpc) is 2.96. The Hall–Kier alpha value is -0.940. The van der Waals surface area contributed by atoms with E-state index in [4.69, 9.17) is 9.47 Å². The Morgan fingerprint density at radius 2 is 1.92 bits per heavy atom. The number of carbonyl (C=O) groups is 2. The van der Waals surface area contributed by atoms with Gasteiger partial charge >= 0.3 is 5.97 Å². The van der Waals surface area contributed by atoms with E-state index in [0.29, 0.717) is 31.3 Å². The molecular formula is C21H38O5. The average molecular weight is 371 g/mol. The number of carbonyl (C=O) groups excluding carboxylic acids is 2. The molecule has 0 aromatic carbocycles. The lowest BCUT2D eigenvalue weighted by Gasteiger charge is -2.19. The quantitative estimate of drug-likeness (QED) is 0.348. The van der Waals surface area contributed by atoms with Gasteiger partial charge in [-0.3, -0.25) is 4.79 Å². The molecule has 1 fully saturated rings. The maximum Gasteiger partial charge on any atom is 0.332 e. The highest BCUT2D eigenvalue weighted by Gasteiger charge is 2.33. The van der Waals surface area contributed by atoms with Gasteiger partial charge in [-0.05, 0) is 51.4 Å². The molecule has 1 aliphatic rings. The lowest BCUT2D eigenvalue weighted by atomic mass is 9.86. The van der Waals surface area contributed by atoms with Crippen LogP contribution in [0.1, 0.15) is 84.5 Å². The zero-order chi connectivity index (χ0) is 19.2. The van der Waals surface area contributed by atoms with Crippen LogP contribution in [0.25, 0.3) is 0 Å². The van der Waals surface area contributed by atoms with Crippen LogP contribution in [0.2, 0.25) is 0 Å². The number of hydrogen-bond acceptors (Lipinski definition) is 5. The van der Waals surface area contributed by atoms with Gasteiger partial charge in [0, 0.05) is 18.9 Å². The number of aliphatic hydroxyl groups excluding tert-OH is 1. The van der Waals surface area contributed by atoms with E-state index in [1.165, 1.54) is 0 Å². The number of hydrogen-bond donors (Lipinski definition) is 1. The predicted octanol–water partition coefficient (Wildman–Crippen LogP) is 4.05. The summed E-state index contributed by atoms with van der Waals surface area (Å²) < 4.78 is 10.1. The summed E-state index contributed by atoms with van der Waals surface area (Å²) in [6.07, 6.45) is 10.3. The van der Waals surface area contributed by atoms with E-state index < -0.39 is 0 Å². The first-order valence-electron chi connectivity index (χ1n) is 10.5. The summed E-state index contributed by atoms with van der Waals surface area (Å²) in [6.45, 7) is 4.85. The molecule has 1 aliphatic carbocycles. The molecule has 1 rings (SSSR count). The predicted molar refractivity (Wildman–Crippen MR) is 102 cm³/mol. The van der Waals surface area contributed by atoms with Crippen LogP contribution in [0.15, 0.2) is 0 Å². The first-order chi connectivity index (χ1) is 12.6.